The highest BCUT2D eigenvalue weighted by Crippen LogP contribution is 2.38. The molecule has 3 atom stereocenters. The Labute approximate surface area is 118 Å². The van der Waals surface area contributed by atoms with Gasteiger partial charge in [-0.25, -0.2) is 4.98 Å². The molecule has 102 valence electrons. The molecule has 0 aromatic carbocycles. The summed E-state index contributed by atoms with van der Waals surface area (Å²) in [5.74, 6) is 0.912. The van der Waals surface area contributed by atoms with Gasteiger partial charge >= 0.3 is 0 Å². The second kappa shape index (κ2) is 7.46. The van der Waals surface area contributed by atoms with Crippen LogP contribution < -0.4 is 5.32 Å². The molecular weight excluding hydrogens is 262 g/mol. The Morgan fingerprint density at radius 3 is 3.00 bits per heavy atom. The van der Waals surface area contributed by atoms with Gasteiger partial charge in [-0.1, -0.05) is 38.5 Å². The molecule has 1 aliphatic rings. The smallest absolute Gasteiger partial charge is 0.170 e. The lowest BCUT2D eigenvalue weighted by Crippen LogP contribution is -2.42. The first kappa shape index (κ1) is 14.3. The van der Waals surface area contributed by atoms with E-state index in [1.54, 1.807) is 6.33 Å². The monoisotopic (exact) mass is 285 g/mol. The molecule has 1 aromatic rings. The maximum Gasteiger partial charge on any atom is 0.170 e. The van der Waals surface area contributed by atoms with Crippen molar-refractivity contribution in [2.45, 2.75) is 61.6 Å². The molecule has 0 spiro atoms. The third-order valence-electron chi connectivity index (χ3n) is 3.66. The maximum absolute atomic E-state index is 4.32. The Hall–Kier alpha value is -0.130. The molecule has 18 heavy (non-hydrogen) atoms. The van der Waals surface area contributed by atoms with Crippen LogP contribution in [0.25, 0.3) is 0 Å². The van der Waals surface area contributed by atoms with Gasteiger partial charge in [0.2, 0.25) is 0 Å². The molecule has 1 N–H and O–H groups in total. The summed E-state index contributed by atoms with van der Waals surface area (Å²) in [6, 6.07) is 0.650. The van der Waals surface area contributed by atoms with Gasteiger partial charge in [0.1, 0.15) is 6.33 Å². The number of hydrogen-bond acceptors (Lipinski definition) is 5. The van der Waals surface area contributed by atoms with E-state index in [1.165, 1.54) is 43.6 Å². The van der Waals surface area contributed by atoms with Gasteiger partial charge in [0.05, 0.1) is 0 Å². The zero-order chi connectivity index (χ0) is 12.8. The summed E-state index contributed by atoms with van der Waals surface area (Å²) in [5.41, 5.74) is 0. The molecule has 1 aromatic heterocycles. The fourth-order valence-electron chi connectivity index (χ4n) is 2.85. The summed E-state index contributed by atoms with van der Waals surface area (Å²) in [4.78, 5) is 4.32. The van der Waals surface area contributed by atoms with Crippen molar-refractivity contribution in [1.29, 1.82) is 0 Å². The number of nitrogens with zero attached hydrogens (tertiary/aromatic N) is 2. The molecule has 0 bridgehead atoms. The number of aromatic nitrogens is 2. The van der Waals surface area contributed by atoms with Gasteiger partial charge < -0.3 is 5.32 Å². The quantitative estimate of drug-likeness (QED) is 0.867. The molecule has 1 heterocycles. The van der Waals surface area contributed by atoms with Gasteiger partial charge in [-0.2, -0.15) is 4.37 Å². The van der Waals surface area contributed by atoms with E-state index in [0.29, 0.717) is 11.3 Å². The molecule has 5 heteroatoms. The van der Waals surface area contributed by atoms with Crippen LogP contribution in [-0.2, 0) is 0 Å². The summed E-state index contributed by atoms with van der Waals surface area (Å²) < 4.78 is 5.23. The van der Waals surface area contributed by atoms with Crippen molar-refractivity contribution in [3.05, 3.63) is 6.33 Å². The van der Waals surface area contributed by atoms with Gasteiger partial charge in [0.15, 0.2) is 4.34 Å². The topological polar surface area (TPSA) is 37.8 Å². The normalized spacial score (nSPS) is 28.4. The first-order chi connectivity index (χ1) is 8.83. The SMILES string of the molecule is CCCC1CCC(NCC)C(Sc2ncns2)C1. The highest BCUT2D eigenvalue weighted by molar-refractivity contribution is 8.01. The molecule has 0 radical (unpaired) electrons. The van der Waals surface area contributed by atoms with E-state index in [4.69, 9.17) is 0 Å². The van der Waals surface area contributed by atoms with Crippen LogP contribution in [0.15, 0.2) is 10.7 Å². The van der Waals surface area contributed by atoms with Crippen molar-refractivity contribution >= 4 is 23.3 Å². The lowest BCUT2D eigenvalue weighted by molar-refractivity contribution is 0.289. The van der Waals surface area contributed by atoms with Crippen LogP contribution in [-0.4, -0.2) is 27.2 Å². The van der Waals surface area contributed by atoms with Crippen LogP contribution in [0.5, 0.6) is 0 Å². The maximum atomic E-state index is 4.32. The second-order valence-corrected chi connectivity index (χ2v) is 7.26. The largest absolute Gasteiger partial charge is 0.313 e. The minimum absolute atomic E-state index is 0.650. The fourth-order valence-corrected chi connectivity index (χ4v) is 4.94. The number of rotatable bonds is 6. The van der Waals surface area contributed by atoms with Crippen molar-refractivity contribution in [3.63, 3.8) is 0 Å². The van der Waals surface area contributed by atoms with Gasteiger partial charge in [-0.15, -0.1) is 0 Å². The summed E-state index contributed by atoms with van der Waals surface area (Å²) in [7, 11) is 0. The Bertz CT molecular complexity index is 329. The average molecular weight is 285 g/mol. The molecule has 1 fully saturated rings. The number of nitrogens with one attached hydrogen (secondary N) is 1. The van der Waals surface area contributed by atoms with Crippen LogP contribution >= 0.6 is 23.3 Å². The van der Waals surface area contributed by atoms with E-state index >= 15 is 0 Å². The number of thioether (sulfide) groups is 1. The van der Waals surface area contributed by atoms with Crippen molar-refractivity contribution in [2.24, 2.45) is 5.92 Å². The van der Waals surface area contributed by atoms with E-state index in [1.807, 2.05) is 11.8 Å². The predicted octanol–water partition coefficient (Wildman–Crippen LogP) is 3.58. The van der Waals surface area contributed by atoms with Crippen molar-refractivity contribution < 1.29 is 0 Å². The first-order valence-corrected chi connectivity index (χ1v) is 8.65. The summed E-state index contributed by atoms with van der Waals surface area (Å²) >= 11 is 3.46. The minimum atomic E-state index is 0.650. The fraction of sp³-hybridized carbons (Fsp3) is 0.846. The standard InChI is InChI=1S/C13H23N3S2/c1-3-5-10-6-7-11(14-4-2)12(8-10)17-13-15-9-16-18-13/h9-12,14H,3-8H2,1-2H3. The van der Waals surface area contributed by atoms with Crippen LogP contribution in [0.1, 0.15) is 46.0 Å². The van der Waals surface area contributed by atoms with Crippen molar-refractivity contribution in [3.8, 4) is 0 Å². The van der Waals surface area contributed by atoms with Crippen LogP contribution in [0.3, 0.4) is 0 Å². The van der Waals surface area contributed by atoms with E-state index in [2.05, 4.69) is 28.5 Å². The van der Waals surface area contributed by atoms with Gasteiger partial charge in [0, 0.05) is 11.3 Å². The van der Waals surface area contributed by atoms with Gasteiger partial charge in [0.25, 0.3) is 0 Å². The number of hydrogen-bond donors (Lipinski definition) is 1. The molecule has 0 aliphatic heterocycles. The summed E-state index contributed by atoms with van der Waals surface area (Å²) in [6.45, 7) is 5.56. The third-order valence-corrected chi connectivity index (χ3v) is 5.76. The van der Waals surface area contributed by atoms with Gasteiger partial charge in [-0.05, 0) is 43.3 Å². The average Bonchev–Trinajstić information content (AvgIpc) is 2.86. The molecule has 2 rings (SSSR count). The van der Waals surface area contributed by atoms with Crippen molar-refractivity contribution in [2.75, 3.05) is 6.54 Å². The highest BCUT2D eigenvalue weighted by Gasteiger charge is 2.30. The summed E-state index contributed by atoms with van der Waals surface area (Å²) in [5, 5.41) is 4.31. The first-order valence-electron chi connectivity index (χ1n) is 7.00. The van der Waals surface area contributed by atoms with Crippen LogP contribution in [0.4, 0.5) is 0 Å². The Balaban J connectivity index is 1.95. The predicted molar refractivity (Wildman–Crippen MR) is 79.3 cm³/mol. The Morgan fingerprint density at radius 2 is 2.33 bits per heavy atom. The van der Waals surface area contributed by atoms with Crippen LogP contribution in [0, 0.1) is 5.92 Å². The highest BCUT2D eigenvalue weighted by atomic mass is 32.2. The van der Waals surface area contributed by atoms with Crippen LogP contribution in [0.2, 0.25) is 0 Å². The molecule has 3 nitrogen and oxygen atoms in total. The third kappa shape index (κ3) is 3.93. The summed E-state index contributed by atoms with van der Waals surface area (Å²) in [6.07, 6.45) is 8.39. The Morgan fingerprint density at radius 1 is 1.44 bits per heavy atom. The molecule has 3 unspecified atom stereocenters. The van der Waals surface area contributed by atoms with E-state index in [0.717, 1.165) is 16.8 Å². The molecular formula is C13H23N3S2. The van der Waals surface area contributed by atoms with Gasteiger partial charge in [-0.3, -0.25) is 0 Å². The van der Waals surface area contributed by atoms with E-state index in [9.17, 15) is 0 Å². The Kier molecular flexibility index (Phi) is 5.92. The lowest BCUT2D eigenvalue weighted by Gasteiger charge is -2.35. The second-order valence-electron chi connectivity index (χ2n) is 5.00. The molecule has 1 aliphatic carbocycles. The minimum Gasteiger partial charge on any atom is -0.313 e. The van der Waals surface area contributed by atoms with E-state index < -0.39 is 0 Å². The molecule has 0 amide bonds. The zero-order valence-corrected chi connectivity index (χ0v) is 12.9. The zero-order valence-electron chi connectivity index (χ0n) is 11.3. The van der Waals surface area contributed by atoms with Crippen molar-refractivity contribution in [1.82, 2.24) is 14.7 Å². The molecule has 0 saturated heterocycles. The lowest BCUT2D eigenvalue weighted by atomic mass is 9.83. The molecule has 1 saturated carbocycles. The van der Waals surface area contributed by atoms with E-state index in [-0.39, 0.29) is 0 Å².